The van der Waals surface area contributed by atoms with Crippen molar-refractivity contribution in [2.75, 3.05) is 15.5 Å². The second-order valence-corrected chi connectivity index (χ2v) is 4.99. The highest BCUT2D eigenvalue weighted by Gasteiger charge is 2.06. The monoisotopic (exact) mass is 343 g/mol. The van der Waals surface area contributed by atoms with Gasteiger partial charge in [-0.25, -0.2) is 0 Å². The maximum absolute atomic E-state index is 11.0. The van der Waals surface area contributed by atoms with Crippen molar-refractivity contribution >= 4 is 56.9 Å². The van der Waals surface area contributed by atoms with Gasteiger partial charge in [-0.15, -0.1) is 0 Å². The first-order valence-corrected chi connectivity index (χ1v) is 7.37. The summed E-state index contributed by atoms with van der Waals surface area (Å²) in [6, 6.07) is 0. The topological polar surface area (TPSA) is 54.9 Å². The van der Waals surface area contributed by atoms with Crippen LogP contribution in [-0.4, -0.2) is 25.4 Å². The van der Waals surface area contributed by atoms with Gasteiger partial charge in [-0.1, -0.05) is 41.3 Å². The molecule has 1 amide bonds. The van der Waals surface area contributed by atoms with Crippen LogP contribution < -0.4 is 5.32 Å². The lowest BCUT2D eigenvalue weighted by atomic mass is 10.6. The van der Waals surface area contributed by atoms with E-state index in [2.05, 4.69) is 21.6 Å². The highest BCUT2D eigenvalue weighted by atomic mass is 127. The SMILES string of the molecule is CCCSc1nsc(NC(=O)CI)n1. The van der Waals surface area contributed by atoms with Crippen molar-refractivity contribution in [1.29, 1.82) is 0 Å². The van der Waals surface area contributed by atoms with E-state index in [9.17, 15) is 4.79 Å². The smallest absolute Gasteiger partial charge is 0.236 e. The zero-order valence-electron chi connectivity index (χ0n) is 7.62. The summed E-state index contributed by atoms with van der Waals surface area (Å²) in [5, 5.41) is 4.01. The van der Waals surface area contributed by atoms with Gasteiger partial charge < -0.3 is 5.32 Å². The number of halogens is 1. The number of amides is 1. The normalized spacial score (nSPS) is 10.1. The molecule has 0 atom stereocenters. The molecule has 0 spiro atoms. The summed E-state index contributed by atoms with van der Waals surface area (Å²) in [6.07, 6.45) is 1.10. The number of hydrogen-bond donors (Lipinski definition) is 1. The van der Waals surface area contributed by atoms with E-state index in [4.69, 9.17) is 0 Å². The van der Waals surface area contributed by atoms with Crippen molar-refractivity contribution < 1.29 is 4.79 Å². The minimum atomic E-state index is -0.0335. The Morgan fingerprint density at radius 3 is 3.14 bits per heavy atom. The highest BCUT2D eigenvalue weighted by Crippen LogP contribution is 2.20. The third-order valence-corrected chi connectivity index (χ3v) is 3.70. The fourth-order valence-electron chi connectivity index (χ4n) is 0.665. The lowest BCUT2D eigenvalue weighted by Crippen LogP contribution is -2.11. The number of hydrogen-bond acceptors (Lipinski definition) is 5. The molecular formula is C7H10IN3OS2. The molecule has 1 rings (SSSR count). The van der Waals surface area contributed by atoms with Gasteiger partial charge in [0.05, 0.1) is 4.43 Å². The fraction of sp³-hybridized carbons (Fsp3) is 0.571. The molecule has 1 aromatic heterocycles. The number of alkyl halides is 1. The first-order valence-electron chi connectivity index (χ1n) is 4.08. The van der Waals surface area contributed by atoms with Gasteiger partial charge >= 0.3 is 0 Å². The lowest BCUT2D eigenvalue weighted by Gasteiger charge is -1.94. The van der Waals surface area contributed by atoms with Gasteiger partial charge in [0.2, 0.25) is 16.2 Å². The van der Waals surface area contributed by atoms with Gasteiger partial charge in [-0.05, 0) is 6.42 Å². The predicted octanol–water partition coefficient (Wildman–Crippen LogP) is 2.41. The molecule has 0 unspecified atom stereocenters. The summed E-state index contributed by atoms with van der Waals surface area (Å²) in [5.41, 5.74) is 0. The summed E-state index contributed by atoms with van der Waals surface area (Å²) < 4.78 is 4.56. The van der Waals surface area contributed by atoms with E-state index in [1.54, 1.807) is 11.8 Å². The second-order valence-electron chi connectivity index (χ2n) is 2.41. The Kier molecular flexibility index (Phi) is 5.71. The van der Waals surface area contributed by atoms with Crippen LogP contribution in [0, 0.1) is 0 Å². The molecule has 4 nitrogen and oxygen atoms in total. The Balaban J connectivity index is 2.46. The van der Waals surface area contributed by atoms with Crippen molar-refractivity contribution in [3.8, 4) is 0 Å². The molecule has 0 saturated heterocycles. The molecule has 0 saturated carbocycles. The van der Waals surface area contributed by atoms with Crippen LogP contribution >= 0.6 is 45.9 Å². The van der Waals surface area contributed by atoms with Crippen LogP contribution in [0.2, 0.25) is 0 Å². The predicted molar refractivity (Wildman–Crippen MR) is 68.4 cm³/mol. The van der Waals surface area contributed by atoms with E-state index in [0.717, 1.165) is 17.3 Å². The number of anilines is 1. The van der Waals surface area contributed by atoms with Gasteiger partial charge in [0.25, 0.3) is 0 Å². The van der Waals surface area contributed by atoms with E-state index >= 15 is 0 Å². The Morgan fingerprint density at radius 1 is 1.71 bits per heavy atom. The molecular weight excluding hydrogens is 333 g/mol. The number of thioether (sulfide) groups is 1. The maximum Gasteiger partial charge on any atom is 0.236 e. The molecule has 1 aromatic rings. The molecule has 78 valence electrons. The minimum absolute atomic E-state index is 0.0335. The van der Waals surface area contributed by atoms with Gasteiger partial charge in [0.15, 0.2) is 0 Å². The standard InChI is InChI=1S/C7H10IN3OS2/c1-2-3-13-7-10-6(14-11-7)9-5(12)4-8/h2-4H2,1H3,(H,9,10,11,12). The van der Waals surface area contributed by atoms with Crippen molar-refractivity contribution in [2.45, 2.75) is 18.5 Å². The number of carbonyl (C=O) groups excluding carboxylic acids is 1. The molecule has 14 heavy (non-hydrogen) atoms. The number of nitrogens with zero attached hydrogens (tertiary/aromatic N) is 2. The summed E-state index contributed by atoms with van der Waals surface area (Å²) in [7, 11) is 0. The fourth-order valence-corrected chi connectivity index (χ4v) is 2.27. The van der Waals surface area contributed by atoms with Crippen molar-refractivity contribution in [1.82, 2.24) is 9.36 Å². The average molecular weight is 343 g/mol. The van der Waals surface area contributed by atoms with Gasteiger partial charge in [-0.2, -0.15) is 9.36 Å². The first kappa shape index (κ1) is 12.2. The van der Waals surface area contributed by atoms with Crippen molar-refractivity contribution in [2.24, 2.45) is 0 Å². The van der Waals surface area contributed by atoms with E-state index < -0.39 is 0 Å². The van der Waals surface area contributed by atoms with Crippen LogP contribution in [0.25, 0.3) is 0 Å². The molecule has 0 fully saturated rings. The van der Waals surface area contributed by atoms with Crippen LogP contribution in [0.4, 0.5) is 5.13 Å². The zero-order chi connectivity index (χ0) is 10.4. The number of aromatic nitrogens is 2. The molecule has 7 heteroatoms. The summed E-state index contributed by atoms with van der Waals surface area (Å²) >= 11 is 4.85. The molecule has 1 heterocycles. The Morgan fingerprint density at radius 2 is 2.50 bits per heavy atom. The van der Waals surface area contributed by atoms with E-state index in [0.29, 0.717) is 9.56 Å². The van der Waals surface area contributed by atoms with Crippen LogP contribution in [0.5, 0.6) is 0 Å². The third kappa shape index (κ3) is 4.09. The number of nitrogens with one attached hydrogen (secondary N) is 1. The van der Waals surface area contributed by atoms with Crippen LogP contribution in [0.15, 0.2) is 5.16 Å². The highest BCUT2D eigenvalue weighted by molar-refractivity contribution is 14.1. The molecule has 0 aliphatic rings. The molecule has 0 radical (unpaired) electrons. The summed E-state index contributed by atoms with van der Waals surface area (Å²) in [4.78, 5) is 15.2. The van der Waals surface area contributed by atoms with Gasteiger partial charge in [0, 0.05) is 17.3 Å². The van der Waals surface area contributed by atoms with Crippen molar-refractivity contribution in [3.63, 3.8) is 0 Å². The van der Waals surface area contributed by atoms with E-state index in [1.807, 2.05) is 22.6 Å². The van der Waals surface area contributed by atoms with E-state index in [-0.39, 0.29) is 5.91 Å². The van der Waals surface area contributed by atoms with Gasteiger partial charge in [0.1, 0.15) is 0 Å². The molecule has 1 N–H and O–H groups in total. The number of carbonyl (C=O) groups is 1. The van der Waals surface area contributed by atoms with Gasteiger partial charge in [-0.3, -0.25) is 4.79 Å². The minimum Gasteiger partial charge on any atom is -0.300 e. The number of rotatable bonds is 5. The summed E-state index contributed by atoms with van der Waals surface area (Å²) in [5.74, 6) is 0.977. The van der Waals surface area contributed by atoms with Crippen LogP contribution in [0.3, 0.4) is 0 Å². The zero-order valence-corrected chi connectivity index (χ0v) is 11.4. The third-order valence-electron chi connectivity index (χ3n) is 1.21. The lowest BCUT2D eigenvalue weighted by molar-refractivity contribution is -0.113. The molecule has 0 bridgehead atoms. The average Bonchev–Trinajstić information content (AvgIpc) is 2.62. The van der Waals surface area contributed by atoms with Crippen LogP contribution in [0.1, 0.15) is 13.3 Å². The molecule has 0 aliphatic heterocycles. The quantitative estimate of drug-likeness (QED) is 0.507. The second kappa shape index (κ2) is 6.57. The summed E-state index contributed by atoms with van der Waals surface area (Å²) in [6.45, 7) is 2.11. The Hall–Kier alpha value is 0.110. The maximum atomic E-state index is 11.0. The largest absolute Gasteiger partial charge is 0.300 e. The van der Waals surface area contributed by atoms with Crippen LogP contribution in [-0.2, 0) is 4.79 Å². The first-order chi connectivity index (χ1) is 6.76. The Labute approximate surface area is 105 Å². The molecule has 0 aliphatic carbocycles. The van der Waals surface area contributed by atoms with Crippen molar-refractivity contribution in [3.05, 3.63) is 0 Å². The Bertz CT molecular complexity index is 305. The van der Waals surface area contributed by atoms with E-state index in [1.165, 1.54) is 11.5 Å². The molecule has 0 aromatic carbocycles.